The first-order valence-corrected chi connectivity index (χ1v) is 16.5. The monoisotopic (exact) mass is 677 g/mol. The minimum atomic E-state index is -0.775. The molecule has 0 aliphatic heterocycles. The van der Waals surface area contributed by atoms with Crippen LogP contribution in [-0.2, 0) is 0 Å². The van der Waals surface area contributed by atoms with Gasteiger partial charge < -0.3 is 8.83 Å². The number of furan rings is 2. The van der Waals surface area contributed by atoms with Crippen molar-refractivity contribution in [3.05, 3.63) is 182 Å². The molecule has 0 saturated carbocycles. The van der Waals surface area contributed by atoms with Gasteiger partial charge in [-0.1, -0.05) is 169 Å². The predicted octanol–water partition coefficient (Wildman–Crippen LogP) is 14.5. The first-order valence-electron chi connectivity index (χ1n) is 24.0. The molecule has 0 unspecified atom stereocenters. The van der Waals surface area contributed by atoms with E-state index in [1.54, 1.807) is 24.3 Å². The third-order valence-electron chi connectivity index (χ3n) is 9.62. The molecule has 0 aliphatic carbocycles. The van der Waals surface area contributed by atoms with E-state index in [9.17, 15) is 6.85 Å². The van der Waals surface area contributed by atoms with E-state index >= 15 is 0 Å². The molecule has 2 aromatic heterocycles. The van der Waals surface area contributed by atoms with E-state index in [0.717, 1.165) is 22.1 Å². The Hall–Kier alpha value is -6.90. The van der Waals surface area contributed by atoms with Gasteiger partial charge in [0.25, 0.3) is 0 Å². The van der Waals surface area contributed by atoms with Crippen molar-refractivity contribution in [2.75, 3.05) is 0 Å². The Balaban J connectivity index is 1.39. The highest BCUT2D eigenvalue weighted by atomic mass is 16.3. The van der Waals surface area contributed by atoms with Gasteiger partial charge in [-0.3, -0.25) is 0 Å². The Morgan fingerprint density at radius 2 is 0.923 bits per heavy atom. The predicted molar refractivity (Wildman–Crippen MR) is 218 cm³/mol. The van der Waals surface area contributed by atoms with Gasteiger partial charge in [0.05, 0.1) is 20.6 Å². The minimum Gasteiger partial charge on any atom is -0.455 e. The summed E-state index contributed by atoms with van der Waals surface area (Å²) in [5.41, 5.74) is 2.91. The average molecular weight is 678 g/mol. The fourth-order valence-corrected chi connectivity index (χ4v) is 7.49. The SMILES string of the molecule is [2H]c1c([2H])c([2H])c2c(-c3c4c([2H])c([2H])c([2H])c([2H])c4c(-c4cccc5c4oc4ccc6oc(-c7ccccc7)c(-c7ccccc7)c6c45)c4c([2H])c([2H])c([2H])c([2H])c34)c([2H])c([2H])c([2H])c2c1[2H]. The number of rotatable bonds is 4. The summed E-state index contributed by atoms with van der Waals surface area (Å²) in [4.78, 5) is 0. The molecule has 0 fully saturated rings. The normalized spacial score (nSPS) is 15.9. The first kappa shape index (κ1) is 17.8. The Labute approximate surface area is 320 Å². The topological polar surface area (TPSA) is 26.3 Å². The lowest BCUT2D eigenvalue weighted by atomic mass is 9.84. The van der Waals surface area contributed by atoms with Gasteiger partial charge in [-0.25, -0.2) is 0 Å². The zero-order valence-corrected chi connectivity index (χ0v) is 27.0. The Bertz CT molecular complexity index is 3940. The second-order valence-corrected chi connectivity index (χ2v) is 12.4. The fourth-order valence-electron chi connectivity index (χ4n) is 7.49. The lowest BCUT2D eigenvalue weighted by Crippen LogP contribution is -1.91. The van der Waals surface area contributed by atoms with Gasteiger partial charge in [-0.05, 0) is 61.1 Å². The van der Waals surface area contributed by atoms with Crippen LogP contribution in [0.2, 0.25) is 0 Å². The molecule has 11 rings (SSSR count). The molecular formula is C50H30O2. The van der Waals surface area contributed by atoms with Crippen LogP contribution in [0.4, 0.5) is 0 Å². The Morgan fingerprint density at radius 1 is 0.365 bits per heavy atom. The average Bonchev–Trinajstić information content (AvgIpc) is 3.93. The lowest BCUT2D eigenvalue weighted by Gasteiger charge is -2.18. The molecule has 0 atom stereocenters. The van der Waals surface area contributed by atoms with E-state index < -0.39 is 107 Å². The number of para-hydroxylation sites is 1. The minimum absolute atomic E-state index is 0.0601. The van der Waals surface area contributed by atoms with Gasteiger partial charge in [0.2, 0.25) is 0 Å². The third kappa shape index (κ3) is 4.19. The third-order valence-corrected chi connectivity index (χ3v) is 9.62. The summed E-state index contributed by atoms with van der Waals surface area (Å²) in [7, 11) is 0. The molecule has 0 radical (unpaired) electrons. The van der Waals surface area contributed by atoms with Crippen LogP contribution < -0.4 is 0 Å². The van der Waals surface area contributed by atoms with Gasteiger partial charge in [-0.2, -0.15) is 0 Å². The summed E-state index contributed by atoms with van der Waals surface area (Å²) < 4.78 is 150. The van der Waals surface area contributed by atoms with Crippen molar-refractivity contribution in [2.24, 2.45) is 0 Å². The molecular weight excluding hydrogens is 633 g/mol. The highest BCUT2D eigenvalue weighted by molar-refractivity contribution is 6.28. The van der Waals surface area contributed by atoms with Crippen LogP contribution in [0, 0.1) is 0 Å². The molecule has 52 heavy (non-hydrogen) atoms. The van der Waals surface area contributed by atoms with Crippen LogP contribution >= 0.6 is 0 Å². The van der Waals surface area contributed by atoms with Crippen LogP contribution in [0.3, 0.4) is 0 Å². The molecule has 242 valence electrons. The van der Waals surface area contributed by atoms with E-state index in [1.165, 1.54) is 0 Å². The lowest BCUT2D eigenvalue weighted by molar-refractivity contribution is 0.632. The van der Waals surface area contributed by atoms with Crippen molar-refractivity contribution in [1.29, 1.82) is 0 Å². The molecule has 2 heterocycles. The van der Waals surface area contributed by atoms with E-state index in [4.69, 9.17) is 22.5 Å². The zero-order valence-electron chi connectivity index (χ0n) is 42.0. The van der Waals surface area contributed by atoms with Crippen molar-refractivity contribution < 1.29 is 29.4 Å². The van der Waals surface area contributed by atoms with Crippen molar-refractivity contribution in [3.8, 4) is 44.7 Å². The Morgan fingerprint density at radius 3 is 1.60 bits per heavy atom. The molecule has 0 aliphatic rings. The van der Waals surface area contributed by atoms with Crippen molar-refractivity contribution in [2.45, 2.75) is 0 Å². The van der Waals surface area contributed by atoms with Gasteiger partial charge in [0.1, 0.15) is 22.5 Å². The summed E-state index contributed by atoms with van der Waals surface area (Å²) in [6.45, 7) is 0. The van der Waals surface area contributed by atoms with Gasteiger partial charge >= 0.3 is 0 Å². The standard InChI is InChI=1S/C50H30O2/c1-3-16-32(17-4-1)44-48-43(51-49(44)33-18-5-2-6-19-33)30-29-42-47(48)41-28-14-27-40(50(41)52-42)46-38-24-11-9-22-36(38)45(37-23-10-12-25-39(37)46)35-26-13-20-31-15-7-8-21-34(31)35/h1-30H/i7D,8D,9D,10D,11D,12D,13D,15D,20D,21D,22D,23D,24D,25D,26D. The molecule has 9 aromatic carbocycles. The van der Waals surface area contributed by atoms with Crippen LogP contribution in [0.5, 0.6) is 0 Å². The van der Waals surface area contributed by atoms with E-state index in [1.807, 2.05) is 66.7 Å². The molecule has 0 spiro atoms. The molecule has 0 bridgehead atoms. The second-order valence-electron chi connectivity index (χ2n) is 12.4. The summed E-state index contributed by atoms with van der Waals surface area (Å²) in [6.07, 6.45) is 0. The maximum Gasteiger partial charge on any atom is 0.143 e. The van der Waals surface area contributed by atoms with E-state index in [2.05, 4.69) is 0 Å². The first-order chi connectivity index (χ1) is 32.1. The van der Waals surface area contributed by atoms with Crippen molar-refractivity contribution in [1.82, 2.24) is 0 Å². The Kier molecular flexibility index (Phi) is 3.88. The van der Waals surface area contributed by atoms with E-state index in [0.29, 0.717) is 27.7 Å². The second kappa shape index (κ2) is 11.3. The molecule has 11 aromatic rings. The maximum absolute atomic E-state index is 9.57. The number of hydrogen-bond donors (Lipinski definition) is 0. The van der Waals surface area contributed by atoms with Crippen LogP contribution in [-0.4, -0.2) is 0 Å². The van der Waals surface area contributed by atoms with Gasteiger partial charge in [0, 0.05) is 38.4 Å². The molecule has 2 nitrogen and oxygen atoms in total. The summed E-state index contributed by atoms with van der Waals surface area (Å²) in [5, 5.41) is -0.150. The molecule has 0 amide bonds. The van der Waals surface area contributed by atoms with Gasteiger partial charge in [-0.15, -0.1) is 0 Å². The smallest absolute Gasteiger partial charge is 0.143 e. The van der Waals surface area contributed by atoms with Crippen molar-refractivity contribution >= 4 is 65.2 Å². The maximum atomic E-state index is 9.57. The molecule has 2 heteroatoms. The summed E-state index contributed by atoms with van der Waals surface area (Å²) in [6, 6.07) is 17.5. The fraction of sp³-hybridized carbons (Fsp3) is 0. The number of benzene rings is 9. The zero-order chi connectivity index (χ0) is 47.2. The number of hydrogen-bond acceptors (Lipinski definition) is 2. The van der Waals surface area contributed by atoms with Crippen molar-refractivity contribution in [3.63, 3.8) is 0 Å². The van der Waals surface area contributed by atoms with Crippen LogP contribution in [0.25, 0.3) is 110 Å². The van der Waals surface area contributed by atoms with Crippen LogP contribution in [0.1, 0.15) is 20.6 Å². The highest BCUT2D eigenvalue weighted by Crippen LogP contribution is 2.50. The van der Waals surface area contributed by atoms with E-state index in [-0.39, 0.29) is 43.8 Å². The summed E-state index contributed by atoms with van der Waals surface area (Å²) in [5.74, 6) is 0.611. The largest absolute Gasteiger partial charge is 0.455 e. The molecule has 0 saturated heterocycles. The number of fused-ring (bicyclic) bond motifs is 8. The summed E-state index contributed by atoms with van der Waals surface area (Å²) >= 11 is 0. The molecule has 0 N–H and O–H groups in total. The van der Waals surface area contributed by atoms with Crippen LogP contribution in [0.15, 0.2) is 190 Å². The quantitative estimate of drug-likeness (QED) is 0.173. The highest BCUT2D eigenvalue weighted by Gasteiger charge is 2.25. The van der Waals surface area contributed by atoms with Gasteiger partial charge in [0.15, 0.2) is 0 Å².